The van der Waals surface area contributed by atoms with Crippen molar-refractivity contribution in [3.05, 3.63) is 54.6 Å². The highest BCUT2D eigenvalue weighted by Gasteiger charge is 1.94. The maximum Gasteiger partial charge on any atom is 0.115 e. The molecule has 5 N–H and O–H groups in total. The van der Waals surface area contributed by atoms with E-state index in [4.69, 9.17) is 5.11 Å². The molecule has 0 atom stereocenters. The van der Waals surface area contributed by atoms with Crippen LogP contribution in [-0.4, -0.2) is 5.11 Å². The quantitative estimate of drug-likeness (QED) is 0.488. The molecule has 0 heterocycles. The Morgan fingerprint density at radius 3 is 1.67 bits per heavy atom. The number of rotatable bonds is 1. The highest BCUT2D eigenvalue weighted by molar-refractivity contribution is 5.63. The van der Waals surface area contributed by atoms with Crippen LogP contribution in [0, 0.1) is 0 Å². The van der Waals surface area contributed by atoms with Gasteiger partial charge < -0.3 is 5.11 Å². The average Bonchev–Trinajstić information content (AvgIpc) is 2.34. The van der Waals surface area contributed by atoms with Crippen LogP contribution in [-0.2, 0) is 0 Å². The molecule has 15 heavy (non-hydrogen) atoms. The van der Waals surface area contributed by atoms with Gasteiger partial charge in [0.1, 0.15) is 5.75 Å². The van der Waals surface area contributed by atoms with Crippen LogP contribution >= 0.6 is 0 Å². The number of hydrogen-bond donors (Lipinski definition) is 3. The van der Waals surface area contributed by atoms with Crippen LogP contribution in [0.1, 0.15) is 0 Å². The highest BCUT2D eigenvalue weighted by Crippen LogP contribution is 2.20. The average molecular weight is 202 g/mol. The van der Waals surface area contributed by atoms with Crippen LogP contribution in [0.5, 0.6) is 5.75 Å². The van der Waals surface area contributed by atoms with E-state index in [0.29, 0.717) is 5.75 Å². The number of nitrogens with two attached hydrogens (primary N) is 2. The molecule has 0 aromatic heterocycles. The summed E-state index contributed by atoms with van der Waals surface area (Å²) in [6, 6.07) is 17.3. The largest absolute Gasteiger partial charge is 0.508 e. The molecule has 0 aliphatic carbocycles. The van der Waals surface area contributed by atoms with Gasteiger partial charge in [-0.3, -0.25) is 11.7 Å². The van der Waals surface area contributed by atoms with Gasteiger partial charge in [0.25, 0.3) is 0 Å². The molecule has 0 amide bonds. The molecule has 78 valence electrons. The SMILES string of the molecule is NN.Oc1ccc(-c2ccccc2)cc1. The van der Waals surface area contributed by atoms with E-state index in [1.54, 1.807) is 12.1 Å². The van der Waals surface area contributed by atoms with Gasteiger partial charge in [-0.15, -0.1) is 0 Å². The summed E-state index contributed by atoms with van der Waals surface area (Å²) in [6.07, 6.45) is 0. The standard InChI is InChI=1S/C12H10O.H4N2/c13-12-8-6-11(7-9-12)10-4-2-1-3-5-10;1-2/h1-9,13H;1-2H2. The summed E-state index contributed by atoms with van der Waals surface area (Å²) in [5.41, 5.74) is 2.29. The minimum absolute atomic E-state index is 0.305. The molecule has 0 aliphatic rings. The van der Waals surface area contributed by atoms with Gasteiger partial charge in [0.2, 0.25) is 0 Å². The summed E-state index contributed by atoms with van der Waals surface area (Å²) in [6.45, 7) is 0. The lowest BCUT2D eigenvalue weighted by molar-refractivity contribution is 0.475. The Labute approximate surface area is 88.9 Å². The van der Waals surface area contributed by atoms with Crippen LogP contribution in [0.25, 0.3) is 11.1 Å². The molecule has 2 aromatic rings. The van der Waals surface area contributed by atoms with Crippen molar-refractivity contribution in [3.63, 3.8) is 0 Å². The zero-order valence-electron chi connectivity index (χ0n) is 8.30. The second-order valence-electron chi connectivity index (χ2n) is 2.91. The fourth-order valence-corrected chi connectivity index (χ4v) is 1.28. The van der Waals surface area contributed by atoms with E-state index in [1.165, 1.54) is 5.56 Å². The summed E-state index contributed by atoms with van der Waals surface area (Å²) in [5.74, 6) is 8.31. The Morgan fingerprint density at radius 2 is 1.13 bits per heavy atom. The third kappa shape index (κ3) is 3.09. The maximum atomic E-state index is 9.10. The lowest BCUT2D eigenvalue weighted by atomic mass is 10.1. The van der Waals surface area contributed by atoms with Crippen molar-refractivity contribution < 1.29 is 5.11 Å². The van der Waals surface area contributed by atoms with Crippen molar-refractivity contribution in [1.82, 2.24) is 0 Å². The van der Waals surface area contributed by atoms with Crippen molar-refractivity contribution in [3.8, 4) is 16.9 Å². The maximum absolute atomic E-state index is 9.10. The van der Waals surface area contributed by atoms with Crippen LogP contribution in [0.2, 0.25) is 0 Å². The lowest BCUT2D eigenvalue weighted by Gasteiger charge is -2.00. The summed E-state index contributed by atoms with van der Waals surface area (Å²) in [4.78, 5) is 0. The molecule has 0 saturated heterocycles. The molecule has 0 saturated carbocycles. The fourth-order valence-electron chi connectivity index (χ4n) is 1.28. The van der Waals surface area contributed by atoms with E-state index >= 15 is 0 Å². The Hall–Kier alpha value is -1.84. The van der Waals surface area contributed by atoms with Gasteiger partial charge in [-0.1, -0.05) is 42.5 Å². The zero-order valence-corrected chi connectivity index (χ0v) is 8.30. The van der Waals surface area contributed by atoms with E-state index in [2.05, 4.69) is 11.7 Å². The van der Waals surface area contributed by atoms with E-state index in [0.717, 1.165) is 5.56 Å². The third-order valence-corrected chi connectivity index (χ3v) is 1.97. The smallest absolute Gasteiger partial charge is 0.115 e. The minimum atomic E-state index is 0.305. The molecule has 0 spiro atoms. The normalized spacial score (nSPS) is 8.93. The summed E-state index contributed by atoms with van der Waals surface area (Å²) >= 11 is 0. The Morgan fingerprint density at radius 1 is 0.667 bits per heavy atom. The van der Waals surface area contributed by atoms with E-state index in [-0.39, 0.29) is 0 Å². The second-order valence-corrected chi connectivity index (χ2v) is 2.91. The molecule has 0 radical (unpaired) electrons. The molecule has 2 aromatic carbocycles. The monoisotopic (exact) mass is 202 g/mol. The van der Waals surface area contributed by atoms with Crippen LogP contribution in [0.15, 0.2) is 54.6 Å². The van der Waals surface area contributed by atoms with Crippen LogP contribution in [0.4, 0.5) is 0 Å². The van der Waals surface area contributed by atoms with Gasteiger partial charge >= 0.3 is 0 Å². The molecule has 0 fully saturated rings. The first-order valence-electron chi connectivity index (χ1n) is 4.54. The molecule has 3 nitrogen and oxygen atoms in total. The molecule has 2 rings (SSSR count). The number of aromatic hydroxyl groups is 1. The Balaban J connectivity index is 0.000000531. The Kier molecular flexibility index (Phi) is 4.34. The third-order valence-electron chi connectivity index (χ3n) is 1.97. The molecule has 0 unspecified atom stereocenters. The molecule has 0 bridgehead atoms. The van der Waals surface area contributed by atoms with Crippen molar-refractivity contribution in [2.24, 2.45) is 11.7 Å². The topological polar surface area (TPSA) is 72.3 Å². The minimum Gasteiger partial charge on any atom is -0.508 e. The van der Waals surface area contributed by atoms with E-state index < -0.39 is 0 Å². The Bertz CT molecular complexity index is 384. The fraction of sp³-hybridized carbons (Fsp3) is 0. The van der Waals surface area contributed by atoms with Crippen molar-refractivity contribution >= 4 is 0 Å². The predicted octanol–water partition coefficient (Wildman–Crippen LogP) is 1.88. The summed E-state index contributed by atoms with van der Waals surface area (Å²) in [7, 11) is 0. The lowest BCUT2D eigenvalue weighted by Crippen LogP contribution is -2.02. The number of phenols is 1. The van der Waals surface area contributed by atoms with Crippen LogP contribution < -0.4 is 11.7 Å². The summed E-state index contributed by atoms with van der Waals surface area (Å²) in [5, 5.41) is 9.10. The number of hydrazine groups is 1. The highest BCUT2D eigenvalue weighted by atomic mass is 16.3. The first-order valence-corrected chi connectivity index (χ1v) is 4.54. The van der Waals surface area contributed by atoms with Gasteiger partial charge in [0.05, 0.1) is 0 Å². The van der Waals surface area contributed by atoms with Crippen LogP contribution in [0.3, 0.4) is 0 Å². The van der Waals surface area contributed by atoms with Gasteiger partial charge in [0.15, 0.2) is 0 Å². The van der Waals surface area contributed by atoms with Crippen molar-refractivity contribution in [2.75, 3.05) is 0 Å². The molecule has 3 heteroatoms. The van der Waals surface area contributed by atoms with Gasteiger partial charge in [-0.05, 0) is 23.3 Å². The van der Waals surface area contributed by atoms with Gasteiger partial charge in [-0.2, -0.15) is 0 Å². The molecule has 0 aliphatic heterocycles. The van der Waals surface area contributed by atoms with E-state index in [9.17, 15) is 0 Å². The number of phenolic OH excluding ortho intramolecular Hbond substituents is 1. The first-order chi connectivity index (χ1) is 7.36. The summed E-state index contributed by atoms with van der Waals surface area (Å²) < 4.78 is 0. The number of benzene rings is 2. The van der Waals surface area contributed by atoms with Gasteiger partial charge in [0, 0.05) is 0 Å². The molecular weight excluding hydrogens is 188 g/mol. The second kappa shape index (κ2) is 5.80. The molecular formula is C12H14N2O. The van der Waals surface area contributed by atoms with Gasteiger partial charge in [-0.25, -0.2) is 0 Å². The van der Waals surface area contributed by atoms with Crippen molar-refractivity contribution in [1.29, 1.82) is 0 Å². The zero-order chi connectivity index (χ0) is 11.1. The number of hydrogen-bond acceptors (Lipinski definition) is 3. The van der Waals surface area contributed by atoms with Crippen molar-refractivity contribution in [2.45, 2.75) is 0 Å². The first kappa shape index (κ1) is 11.2. The van der Waals surface area contributed by atoms with E-state index in [1.807, 2.05) is 42.5 Å². The predicted molar refractivity (Wildman–Crippen MR) is 61.9 cm³/mol.